The van der Waals surface area contributed by atoms with E-state index in [0.29, 0.717) is 13.1 Å². The number of hydrogen-bond acceptors (Lipinski definition) is 5. The molecule has 1 N–H and O–H groups in total. The van der Waals surface area contributed by atoms with Gasteiger partial charge in [-0.05, 0) is 49.2 Å². The lowest BCUT2D eigenvalue weighted by molar-refractivity contribution is 0.0600. The number of methoxy groups -OCH3 is 1. The second kappa shape index (κ2) is 9.34. The highest BCUT2D eigenvalue weighted by Crippen LogP contribution is 2.28. The van der Waals surface area contributed by atoms with Gasteiger partial charge in [-0.25, -0.2) is 13.2 Å². The Balaban J connectivity index is 1.90. The molecule has 2 aromatic carbocycles. The van der Waals surface area contributed by atoms with Crippen molar-refractivity contribution in [2.24, 2.45) is 0 Å². The fourth-order valence-corrected chi connectivity index (χ4v) is 5.06. The Kier molecular flexibility index (Phi) is 7.02. The number of amides is 1. The predicted octanol–water partition coefficient (Wildman–Crippen LogP) is 4.21. The lowest BCUT2D eigenvalue weighted by Crippen LogP contribution is -2.35. The average molecular weight is 471 g/mol. The molecule has 1 amide bonds. The van der Waals surface area contributed by atoms with E-state index in [9.17, 15) is 18.0 Å². The molecular formula is C20H20Cl2N2O5S. The number of benzene rings is 2. The van der Waals surface area contributed by atoms with E-state index in [2.05, 4.69) is 10.1 Å². The quantitative estimate of drug-likeness (QED) is 0.660. The zero-order chi connectivity index (χ0) is 21.9. The highest BCUT2D eigenvalue weighted by molar-refractivity contribution is 7.89. The van der Waals surface area contributed by atoms with Crippen molar-refractivity contribution in [3.8, 4) is 0 Å². The zero-order valence-electron chi connectivity index (χ0n) is 16.2. The van der Waals surface area contributed by atoms with Crippen molar-refractivity contribution in [1.29, 1.82) is 0 Å². The van der Waals surface area contributed by atoms with Crippen molar-refractivity contribution < 1.29 is 22.7 Å². The van der Waals surface area contributed by atoms with E-state index in [1.807, 2.05) is 0 Å². The topological polar surface area (TPSA) is 92.8 Å². The minimum atomic E-state index is -3.73. The summed E-state index contributed by atoms with van der Waals surface area (Å²) in [6, 6.07) is 8.28. The number of esters is 1. The van der Waals surface area contributed by atoms with Crippen LogP contribution in [0.1, 0.15) is 40.0 Å². The Morgan fingerprint density at radius 3 is 2.33 bits per heavy atom. The molecule has 0 bridgehead atoms. The van der Waals surface area contributed by atoms with Crippen LogP contribution in [-0.4, -0.2) is 44.8 Å². The molecule has 160 valence electrons. The monoisotopic (exact) mass is 470 g/mol. The SMILES string of the molecule is COC(=O)c1ccc(Cl)c(NC(=O)c2cc(S(=O)(=O)N3CCCCC3)ccc2Cl)c1. The number of carbonyl (C=O) groups is 2. The molecule has 2 aromatic rings. The second-order valence-corrected chi connectivity index (χ2v) is 9.50. The third kappa shape index (κ3) is 4.78. The van der Waals surface area contributed by atoms with Crippen LogP contribution >= 0.6 is 23.2 Å². The summed E-state index contributed by atoms with van der Waals surface area (Å²) in [7, 11) is -2.49. The molecule has 0 radical (unpaired) electrons. The summed E-state index contributed by atoms with van der Waals surface area (Å²) in [6.07, 6.45) is 2.59. The van der Waals surface area contributed by atoms with E-state index < -0.39 is 21.9 Å². The molecule has 0 aliphatic carbocycles. The summed E-state index contributed by atoms with van der Waals surface area (Å²) in [5.41, 5.74) is 0.351. The van der Waals surface area contributed by atoms with E-state index in [1.54, 1.807) is 0 Å². The van der Waals surface area contributed by atoms with Gasteiger partial charge in [0.1, 0.15) is 0 Å². The Hall–Kier alpha value is -2.13. The third-order valence-electron chi connectivity index (χ3n) is 4.77. The maximum absolute atomic E-state index is 12.9. The molecular weight excluding hydrogens is 451 g/mol. The first-order chi connectivity index (χ1) is 14.2. The van der Waals surface area contributed by atoms with Crippen molar-refractivity contribution in [1.82, 2.24) is 4.31 Å². The van der Waals surface area contributed by atoms with Crippen LogP contribution in [-0.2, 0) is 14.8 Å². The van der Waals surface area contributed by atoms with Gasteiger partial charge in [0, 0.05) is 13.1 Å². The Bertz CT molecular complexity index is 1080. The van der Waals surface area contributed by atoms with Crippen LogP contribution in [0.3, 0.4) is 0 Å². The smallest absolute Gasteiger partial charge is 0.337 e. The number of hydrogen-bond donors (Lipinski definition) is 1. The van der Waals surface area contributed by atoms with Gasteiger partial charge >= 0.3 is 5.97 Å². The molecule has 0 aromatic heterocycles. The van der Waals surface area contributed by atoms with Gasteiger partial charge in [-0.2, -0.15) is 4.31 Å². The molecule has 1 fully saturated rings. The highest BCUT2D eigenvalue weighted by Gasteiger charge is 2.27. The largest absolute Gasteiger partial charge is 0.465 e. The highest BCUT2D eigenvalue weighted by atomic mass is 35.5. The molecule has 0 saturated carbocycles. The number of rotatable bonds is 5. The van der Waals surface area contributed by atoms with Gasteiger partial charge in [0.2, 0.25) is 10.0 Å². The lowest BCUT2D eigenvalue weighted by Gasteiger charge is -2.26. The second-order valence-electron chi connectivity index (χ2n) is 6.75. The molecule has 0 unspecified atom stereocenters. The average Bonchev–Trinajstić information content (AvgIpc) is 2.75. The van der Waals surface area contributed by atoms with Crippen LogP contribution in [0.4, 0.5) is 5.69 Å². The van der Waals surface area contributed by atoms with Crippen molar-refractivity contribution in [2.45, 2.75) is 24.2 Å². The van der Waals surface area contributed by atoms with Gasteiger partial charge in [0.15, 0.2) is 0 Å². The van der Waals surface area contributed by atoms with E-state index in [0.717, 1.165) is 19.3 Å². The van der Waals surface area contributed by atoms with Gasteiger partial charge in [0.05, 0.1) is 38.9 Å². The minimum absolute atomic E-state index is 0.00615. The fraction of sp³-hybridized carbons (Fsp3) is 0.300. The standard InChI is InChI=1S/C20H20Cl2N2O5S/c1-29-20(26)13-5-7-17(22)18(11-13)23-19(25)15-12-14(6-8-16(15)21)30(27,28)24-9-3-2-4-10-24/h5-8,11-12H,2-4,9-10H2,1H3,(H,23,25). The third-order valence-corrected chi connectivity index (χ3v) is 7.32. The number of nitrogens with zero attached hydrogens (tertiary/aromatic N) is 1. The van der Waals surface area contributed by atoms with E-state index in [4.69, 9.17) is 23.2 Å². The normalized spacial score (nSPS) is 14.9. The number of ether oxygens (including phenoxy) is 1. The first kappa shape index (κ1) is 22.6. The Morgan fingerprint density at radius 2 is 1.67 bits per heavy atom. The molecule has 0 spiro atoms. The van der Waals surface area contributed by atoms with Crippen LogP contribution in [0.15, 0.2) is 41.3 Å². The molecule has 1 aliphatic rings. The number of carbonyl (C=O) groups excluding carboxylic acids is 2. The first-order valence-corrected chi connectivity index (χ1v) is 11.4. The van der Waals surface area contributed by atoms with Crippen LogP contribution < -0.4 is 5.32 Å². The van der Waals surface area contributed by atoms with Crippen LogP contribution in [0.5, 0.6) is 0 Å². The van der Waals surface area contributed by atoms with E-state index in [1.165, 1.54) is 47.8 Å². The van der Waals surface area contributed by atoms with E-state index in [-0.39, 0.29) is 31.8 Å². The Morgan fingerprint density at radius 1 is 1.00 bits per heavy atom. The van der Waals surface area contributed by atoms with Gasteiger partial charge < -0.3 is 10.1 Å². The number of halogens is 2. The van der Waals surface area contributed by atoms with Crippen LogP contribution in [0.25, 0.3) is 0 Å². The van der Waals surface area contributed by atoms with Crippen molar-refractivity contribution in [3.05, 3.63) is 57.6 Å². The fourth-order valence-electron chi connectivity index (χ4n) is 3.15. The van der Waals surface area contributed by atoms with E-state index >= 15 is 0 Å². The molecule has 7 nitrogen and oxygen atoms in total. The first-order valence-electron chi connectivity index (χ1n) is 9.23. The molecule has 0 atom stereocenters. The number of anilines is 1. The summed E-state index contributed by atoms with van der Waals surface area (Å²) < 4.78 is 31.9. The van der Waals surface area contributed by atoms with Crippen molar-refractivity contribution in [3.63, 3.8) is 0 Å². The number of nitrogens with one attached hydrogen (secondary N) is 1. The summed E-state index contributed by atoms with van der Waals surface area (Å²) >= 11 is 12.3. The maximum Gasteiger partial charge on any atom is 0.337 e. The van der Waals surface area contributed by atoms with Crippen LogP contribution in [0.2, 0.25) is 10.0 Å². The number of sulfonamides is 1. The summed E-state index contributed by atoms with van der Waals surface area (Å²) in [5, 5.41) is 2.86. The lowest BCUT2D eigenvalue weighted by atomic mass is 10.1. The summed E-state index contributed by atoms with van der Waals surface area (Å²) in [6.45, 7) is 0.894. The van der Waals surface area contributed by atoms with Gasteiger partial charge in [-0.3, -0.25) is 4.79 Å². The zero-order valence-corrected chi connectivity index (χ0v) is 18.5. The Labute approximate surface area is 185 Å². The van der Waals surface area contributed by atoms with Crippen LogP contribution in [0, 0.1) is 0 Å². The molecule has 1 aliphatic heterocycles. The predicted molar refractivity (Wildman–Crippen MR) is 115 cm³/mol. The molecule has 1 saturated heterocycles. The van der Waals surface area contributed by atoms with Gasteiger partial charge in [0.25, 0.3) is 5.91 Å². The van der Waals surface area contributed by atoms with Gasteiger partial charge in [-0.1, -0.05) is 29.6 Å². The molecule has 10 heteroatoms. The van der Waals surface area contributed by atoms with Crippen molar-refractivity contribution >= 4 is 50.8 Å². The molecule has 3 rings (SSSR count). The summed E-state index contributed by atoms with van der Waals surface area (Å²) in [5.74, 6) is -1.24. The van der Waals surface area contributed by atoms with Gasteiger partial charge in [-0.15, -0.1) is 0 Å². The molecule has 1 heterocycles. The number of piperidine rings is 1. The minimum Gasteiger partial charge on any atom is -0.465 e. The maximum atomic E-state index is 12.9. The van der Waals surface area contributed by atoms with Crippen molar-refractivity contribution in [2.75, 3.05) is 25.5 Å². The molecule has 30 heavy (non-hydrogen) atoms. The summed E-state index contributed by atoms with van der Waals surface area (Å²) in [4.78, 5) is 24.5.